The molecule has 1 aliphatic rings. The van der Waals surface area contributed by atoms with Crippen LogP contribution in [0.1, 0.15) is 43.7 Å². The molecular formula is C15H20N4. The van der Waals surface area contributed by atoms with Crippen molar-refractivity contribution in [3.8, 4) is 0 Å². The number of aromatic nitrogens is 2. The Morgan fingerprint density at radius 2 is 2.00 bits per heavy atom. The van der Waals surface area contributed by atoms with Gasteiger partial charge < -0.3 is 0 Å². The summed E-state index contributed by atoms with van der Waals surface area (Å²) in [7, 11) is 0. The lowest BCUT2D eigenvalue weighted by Gasteiger charge is -2.21. The molecule has 1 heterocycles. The topological polar surface area (TPSA) is 63.8 Å². The second kappa shape index (κ2) is 5.63. The number of hydrazine groups is 1. The van der Waals surface area contributed by atoms with Gasteiger partial charge in [0.25, 0.3) is 0 Å². The molecule has 1 atom stereocenters. The molecule has 3 rings (SSSR count). The molecular weight excluding hydrogens is 236 g/mol. The molecule has 1 aliphatic carbocycles. The van der Waals surface area contributed by atoms with Gasteiger partial charge in [0.05, 0.1) is 11.0 Å². The third-order valence-electron chi connectivity index (χ3n) is 4.15. The monoisotopic (exact) mass is 256 g/mol. The number of para-hydroxylation sites is 1. The van der Waals surface area contributed by atoms with Crippen LogP contribution in [0, 0.1) is 5.92 Å². The van der Waals surface area contributed by atoms with Crippen LogP contribution >= 0.6 is 0 Å². The summed E-state index contributed by atoms with van der Waals surface area (Å²) in [5.41, 5.74) is 6.04. The number of hydrogen-bond donors (Lipinski definition) is 2. The Morgan fingerprint density at radius 1 is 1.21 bits per heavy atom. The Hall–Kier alpha value is -1.52. The lowest BCUT2D eigenvalue weighted by molar-refractivity contribution is 0.401. The SMILES string of the molecule is NNC(CC1CCCC1)c1cccc2nccnc12. The van der Waals surface area contributed by atoms with Crippen LogP contribution in [0.25, 0.3) is 11.0 Å². The highest BCUT2D eigenvalue weighted by molar-refractivity contribution is 5.78. The van der Waals surface area contributed by atoms with Crippen molar-refractivity contribution < 1.29 is 0 Å². The normalized spacial score (nSPS) is 17.9. The summed E-state index contributed by atoms with van der Waals surface area (Å²) < 4.78 is 0. The first-order chi connectivity index (χ1) is 9.38. The van der Waals surface area contributed by atoms with Crippen LogP contribution in [0.5, 0.6) is 0 Å². The highest BCUT2D eigenvalue weighted by Crippen LogP contribution is 2.34. The second-order valence-corrected chi connectivity index (χ2v) is 5.38. The van der Waals surface area contributed by atoms with E-state index in [0.29, 0.717) is 0 Å². The van der Waals surface area contributed by atoms with Gasteiger partial charge >= 0.3 is 0 Å². The number of hydrogen-bond acceptors (Lipinski definition) is 4. The average molecular weight is 256 g/mol. The molecule has 0 radical (unpaired) electrons. The summed E-state index contributed by atoms with van der Waals surface area (Å²) in [4.78, 5) is 8.83. The predicted octanol–water partition coefficient (Wildman–Crippen LogP) is 2.71. The molecule has 100 valence electrons. The maximum absolute atomic E-state index is 5.78. The maximum Gasteiger partial charge on any atom is 0.0935 e. The van der Waals surface area contributed by atoms with Crippen LogP contribution in [-0.2, 0) is 0 Å². The number of nitrogens with one attached hydrogen (secondary N) is 1. The van der Waals surface area contributed by atoms with Crippen LogP contribution in [0.3, 0.4) is 0 Å². The molecule has 0 aliphatic heterocycles. The highest BCUT2D eigenvalue weighted by Gasteiger charge is 2.22. The van der Waals surface area contributed by atoms with Gasteiger partial charge in [0.1, 0.15) is 0 Å². The van der Waals surface area contributed by atoms with Gasteiger partial charge in [-0.05, 0) is 24.0 Å². The Labute approximate surface area is 113 Å². The summed E-state index contributed by atoms with van der Waals surface area (Å²) >= 11 is 0. The number of nitrogens with zero attached hydrogens (tertiary/aromatic N) is 2. The number of nitrogens with two attached hydrogens (primary N) is 1. The van der Waals surface area contributed by atoms with Crippen molar-refractivity contribution in [3.63, 3.8) is 0 Å². The zero-order valence-corrected chi connectivity index (χ0v) is 11.0. The molecule has 0 bridgehead atoms. The van der Waals surface area contributed by atoms with E-state index in [1.54, 1.807) is 12.4 Å². The summed E-state index contributed by atoms with van der Waals surface area (Å²) in [5.74, 6) is 6.56. The molecule has 4 nitrogen and oxygen atoms in total. The minimum Gasteiger partial charge on any atom is -0.271 e. The van der Waals surface area contributed by atoms with Crippen LogP contribution in [-0.4, -0.2) is 9.97 Å². The zero-order chi connectivity index (χ0) is 13.1. The number of benzene rings is 1. The Kier molecular flexibility index (Phi) is 3.71. The average Bonchev–Trinajstić information content (AvgIpc) is 2.97. The van der Waals surface area contributed by atoms with Crippen molar-refractivity contribution in [3.05, 3.63) is 36.2 Å². The molecule has 0 amide bonds. The van der Waals surface area contributed by atoms with E-state index in [1.807, 2.05) is 12.1 Å². The Balaban J connectivity index is 1.91. The Morgan fingerprint density at radius 3 is 2.79 bits per heavy atom. The molecule has 1 saturated carbocycles. The molecule has 4 heteroatoms. The smallest absolute Gasteiger partial charge is 0.0935 e. The minimum absolute atomic E-state index is 0.170. The molecule has 1 unspecified atom stereocenters. The van der Waals surface area contributed by atoms with E-state index in [9.17, 15) is 0 Å². The number of rotatable bonds is 4. The fourth-order valence-electron chi connectivity index (χ4n) is 3.16. The van der Waals surface area contributed by atoms with E-state index in [4.69, 9.17) is 5.84 Å². The summed E-state index contributed by atoms with van der Waals surface area (Å²) in [6, 6.07) is 6.31. The standard InChI is InChI=1S/C15H20N4/c16-19-14(10-11-4-1-2-5-11)12-6-3-7-13-15(12)18-9-8-17-13/h3,6-9,11,14,19H,1-2,4-5,10,16H2. The van der Waals surface area contributed by atoms with Gasteiger partial charge in [-0.2, -0.15) is 0 Å². The van der Waals surface area contributed by atoms with Gasteiger partial charge in [-0.3, -0.25) is 21.2 Å². The first-order valence-electron chi connectivity index (χ1n) is 7.04. The van der Waals surface area contributed by atoms with Gasteiger partial charge in [0.2, 0.25) is 0 Å². The molecule has 0 saturated heterocycles. The van der Waals surface area contributed by atoms with Crippen molar-refractivity contribution >= 4 is 11.0 Å². The first kappa shape index (κ1) is 12.5. The fraction of sp³-hybridized carbons (Fsp3) is 0.467. The zero-order valence-electron chi connectivity index (χ0n) is 11.0. The van der Waals surface area contributed by atoms with Crippen molar-refractivity contribution in [2.24, 2.45) is 11.8 Å². The molecule has 1 aromatic carbocycles. The first-order valence-corrected chi connectivity index (χ1v) is 7.04. The molecule has 2 aromatic rings. The lowest BCUT2D eigenvalue weighted by atomic mass is 9.93. The molecule has 19 heavy (non-hydrogen) atoms. The predicted molar refractivity (Wildman–Crippen MR) is 76.2 cm³/mol. The van der Waals surface area contributed by atoms with Gasteiger partial charge in [-0.15, -0.1) is 0 Å². The van der Waals surface area contributed by atoms with Gasteiger partial charge in [0, 0.05) is 18.4 Å². The summed E-state index contributed by atoms with van der Waals surface area (Å²) in [6.07, 6.45) is 9.94. The van der Waals surface area contributed by atoms with E-state index in [-0.39, 0.29) is 6.04 Å². The van der Waals surface area contributed by atoms with Gasteiger partial charge in [-0.25, -0.2) is 0 Å². The molecule has 1 aromatic heterocycles. The largest absolute Gasteiger partial charge is 0.271 e. The van der Waals surface area contributed by atoms with Crippen molar-refractivity contribution in [1.29, 1.82) is 0 Å². The van der Waals surface area contributed by atoms with E-state index in [2.05, 4.69) is 21.5 Å². The third-order valence-corrected chi connectivity index (χ3v) is 4.15. The van der Waals surface area contributed by atoms with Crippen LogP contribution in [0.2, 0.25) is 0 Å². The highest BCUT2D eigenvalue weighted by atomic mass is 15.2. The van der Waals surface area contributed by atoms with Crippen LogP contribution < -0.4 is 11.3 Å². The lowest BCUT2D eigenvalue weighted by Crippen LogP contribution is -2.29. The van der Waals surface area contributed by atoms with Crippen molar-refractivity contribution in [1.82, 2.24) is 15.4 Å². The fourth-order valence-corrected chi connectivity index (χ4v) is 3.16. The van der Waals surface area contributed by atoms with Crippen LogP contribution in [0.15, 0.2) is 30.6 Å². The molecule has 1 fully saturated rings. The molecule has 3 N–H and O–H groups in total. The third kappa shape index (κ3) is 2.60. The van der Waals surface area contributed by atoms with Gasteiger partial charge in [-0.1, -0.05) is 37.8 Å². The van der Waals surface area contributed by atoms with Crippen molar-refractivity contribution in [2.75, 3.05) is 0 Å². The van der Waals surface area contributed by atoms with E-state index in [0.717, 1.165) is 23.4 Å². The quantitative estimate of drug-likeness (QED) is 0.652. The van der Waals surface area contributed by atoms with E-state index in [1.165, 1.54) is 31.2 Å². The molecule has 0 spiro atoms. The summed E-state index contributed by atoms with van der Waals surface area (Å²) in [5, 5.41) is 0. The van der Waals surface area contributed by atoms with Crippen LogP contribution in [0.4, 0.5) is 0 Å². The number of fused-ring (bicyclic) bond motifs is 1. The van der Waals surface area contributed by atoms with Gasteiger partial charge in [0.15, 0.2) is 0 Å². The minimum atomic E-state index is 0.170. The maximum atomic E-state index is 5.78. The summed E-state index contributed by atoms with van der Waals surface area (Å²) in [6.45, 7) is 0. The Bertz CT molecular complexity index is 543. The van der Waals surface area contributed by atoms with E-state index >= 15 is 0 Å². The van der Waals surface area contributed by atoms with Crippen molar-refractivity contribution in [2.45, 2.75) is 38.1 Å². The second-order valence-electron chi connectivity index (χ2n) is 5.38. The van der Waals surface area contributed by atoms with E-state index < -0.39 is 0 Å².